The number of aryl methyl sites for hydroxylation is 1. The van der Waals surface area contributed by atoms with Crippen LogP contribution in [-0.2, 0) is 6.42 Å². The van der Waals surface area contributed by atoms with E-state index in [1.165, 1.54) is 5.56 Å². The molecule has 82 valence electrons. The largest absolute Gasteiger partial charge is 0.424 e. The van der Waals surface area contributed by atoms with Gasteiger partial charge in [-0.3, -0.25) is 0 Å². The lowest BCUT2D eigenvalue weighted by atomic mass is 10.2. The third kappa shape index (κ3) is 2.48. The van der Waals surface area contributed by atoms with Gasteiger partial charge in [0.05, 0.1) is 0 Å². The van der Waals surface area contributed by atoms with Crippen LogP contribution in [0.15, 0.2) is 36.5 Å². The zero-order valence-corrected chi connectivity index (χ0v) is 9.05. The lowest BCUT2D eigenvalue weighted by Crippen LogP contribution is -1.95. The second kappa shape index (κ2) is 4.61. The number of aromatic nitrogens is 2. The standard InChI is InChI=1S/C12H13N3O/c1-2-9-3-5-10(6-4-9)16-12-14-8-7-11(13)15-12/h3-8H,2H2,1H3,(H2,13,14,15). The van der Waals surface area contributed by atoms with Crippen LogP contribution in [0.25, 0.3) is 0 Å². The maximum Gasteiger partial charge on any atom is 0.323 e. The van der Waals surface area contributed by atoms with Crippen molar-refractivity contribution in [2.45, 2.75) is 13.3 Å². The Balaban J connectivity index is 2.14. The van der Waals surface area contributed by atoms with Crippen molar-refractivity contribution < 1.29 is 4.74 Å². The van der Waals surface area contributed by atoms with Crippen molar-refractivity contribution in [1.82, 2.24) is 9.97 Å². The highest BCUT2D eigenvalue weighted by atomic mass is 16.5. The normalized spacial score (nSPS) is 10.1. The summed E-state index contributed by atoms with van der Waals surface area (Å²) in [6, 6.07) is 9.71. The SMILES string of the molecule is CCc1ccc(Oc2nccc(N)n2)cc1. The molecule has 1 aromatic heterocycles. The molecule has 0 amide bonds. The Labute approximate surface area is 94.1 Å². The van der Waals surface area contributed by atoms with E-state index in [2.05, 4.69) is 16.9 Å². The Morgan fingerprint density at radius 1 is 1.19 bits per heavy atom. The summed E-state index contributed by atoms with van der Waals surface area (Å²) in [6.07, 6.45) is 2.58. The summed E-state index contributed by atoms with van der Waals surface area (Å²) in [5.41, 5.74) is 6.79. The molecule has 0 fully saturated rings. The van der Waals surface area contributed by atoms with Crippen LogP contribution in [0.1, 0.15) is 12.5 Å². The highest BCUT2D eigenvalue weighted by molar-refractivity contribution is 5.31. The molecule has 2 N–H and O–H groups in total. The second-order valence-electron chi connectivity index (χ2n) is 3.36. The summed E-state index contributed by atoms with van der Waals surface area (Å²) in [5, 5.41) is 0. The molecule has 1 aromatic carbocycles. The third-order valence-corrected chi connectivity index (χ3v) is 2.20. The number of nitrogens with two attached hydrogens (primary N) is 1. The van der Waals surface area contributed by atoms with Gasteiger partial charge in [0.25, 0.3) is 0 Å². The van der Waals surface area contributed by atoms with E-state index in [1.54, 1.807) is 12.3 Å². The molecule has 0 aliphatic heterocycles. The van der Waals surface area contributed by atoms with Crippen LogP contribution in [0.3, 0.4) is 0 Å². The molecule has 1 heterocycles. The minimum Gasteiger partial charge on any atom is -0.424 e. The van der Waals surface area contributed by atoms with Gasteiger partial charge in [0.15, 0.2) is 0 Å². The number of hydrogen-bond acceptors (Lipinski definition) is 4. The minimum atomic E-state index is 0.268. The fraction of sp³-hybridized carbons (Fsp3) is 0.167. The highest BCUT2D eigenvalue weighted by Gasteiger charge is 2.00. The molecular formula is C12H13N3O. The van der Waals surface area contributed by atoms with E-state index in [0.717, 1.165) is 6.42 Å². The van der Waals surface area contributed by atoms with Crippen molar-refractivity contribution in [3.05, 3.63) is 42.1 Å². The molecule has 4 heteroatoms. The number of benzene rings is 1. The first kappa shape index (κ1) is 10.4. The van der Waals surface area contributed by atoms with Crippen molar-refractivity contribution >= 4 is 5.82 Å². The number of hydrogen-bond donors (Lipinski definition) is 1. The van der Waals surface area contributed by atoms with Crippen molar-refractivity contribution in [1.29, 1.82) is 0 Å². The number of rotatable bonds is 3. The first-order valence-corrected chi connectivity index (χ1v) is 5.13. The molecule has 0 radical (unpaired) electrons. The van der Waals surface area contributed by atoms with E-state index < -0.39 is 0 Å². The smallest absolute Gasteiger partial charge is 0.323 e. The lowest BCUT2D eigenvalue weighted by Gasteiger charge is -2.04. The van der Waals surface area contributed by atoms with Gasteiger partial charge in [0.2, 0.25) is 0 Å². The molecule has 0 atom stereocenters. The average molecular weight is 215 g/mol. The Morgan fingerprint density at radius 2 is 1.94 bits per heavy atom. The van der Waals surface area contributed by atoms with Crippen LogP contribution < -0.4 is 10.5 Å². The number of nitrogen functional groups attached to an aromatic ring is 1. The van der Waals surface area contributed by atoms with Crippen molar-refractivity contribution in [3.8, 4) is 11.8 Å². The Hall–Kier alpha value is -2.10. The predicted octanol–water partition coefficient (Wildman–Crippen LogP) is 2.41. The summed E-state index contributed by atoms with van der Waals surface area (Å²) in [5.74, 6) is 1.11. The van der Waals surface area contributed by atoms with Crippen LogP contribution in [0.2, 0.25) is 0 Å². The van der Waals surface area contributed by atoms with Crippen LogP contribution in [-0.4, -0.2) is 9.97 Å². The Kier molecular flexibility index (Phi) is 3.00. The van der Waals surface area contributed by atoms with E-state index in [1.807, 2.05) is 24.3 Å². The molecule has 2 rings (SSSR count). The van der Waals surface area contributed by atoms with Gasteiger partial charge in [-0.15, -0.1) is 0 Å². The van der Waals surface area contributed by atoms with Crippen LogP contribution in [0, 0.1) is 0 Å². The fourth-order valence-corrected chi connectivity index (χ4v) is 1.30. The van der Waals surface area contributed by atoms with E-state index in [-0.39, 0.29) is 6.01 Å². The van der Waals surface area contributed by atoms with Gasteiger partial charge in [0.1, 0.15) is 11.6 Å². The monoisotopic (exact) mass is 215 g/mol. The van der Waals surface area contributed by atoms with E-state index in [0.29, 0.717) is 11.6 Å². The van der Waals surface area contributed by atoms with Crippen molar-refractivity contribution in [2.24, 2.45) is 0 Å². The molecule has 0 saturated carbocycles. The minimum absolute atomic E-state index is 0.268. The van der Waals surface area contributed by atoms with Gasteiger partial charge in [-0.2, -0.15) is 4.98 Å². The molecular weight excluding hydrogens is 202 g/mol. The molecule has 16 heavy (non-hydrogen) atoms. The van der Waals surface area contributed by atoms with E-state index >= 15 is 0 Å². The first-order valence-electron chi connectivity index (χ1n) is 5.13. The summed E-state index contributed by atoms with van der Waals surface area (Å²) in [6.45, 7) is 2.11. The third-order valence-electron chi connectivity index (χ3n) is 2.20. The van der Waals surface area contributed by atoms with E-state index in [9.17, 15) is 0 Å². The topological polar surface area (TPSA) is 61.0 Å². The number of ether oxygens (including phenoxy) is 1. The highest BCUT2D eigenvalue weighted by Crippen LogP contribution is 2.18. The fourth-order valence-electron chi connectivity index (χ4n) is 1.30. The molecule has 0 saturated heterocycles. The summed E-state index contributed by atoms with van der Waals surface area (Å²) in [7, 11) is 0. The van der Waals surface area contributed by atoms with Gasteiger partial charge in [-0.1, -0.05) is 19.1 Å². The number of anilines is 1. The maximum atomic E-state index is 5.53. The zero-order valence-electron chi connectivity index (χ0n) is 9.05. The maximum absolute atomic E-state index is 5.53. The Bertz CT molecular complexity index is 468. The second-order valence-corrected chi connectivity index (χ2v) is 3.36. The van der Waals surface area contributed by atoms with Crippen LogP contribution in [0.4, 0.5) is 5.82 Å². The molecule has 0 unspecified atom stereocenters. The zero-order chi connectivity index (χ0) is 11.4. The summed E-state index contributed by atoms with van der Waals surface area (Å²) in [4.78, 5) is 7.92. The first-order chi connectivity index (χ1) is 7.78. The number of nitrogens with zero attached hydrogens (tertiary/aromatic N) is 2. The van der Waals surface area contributed by atoms with Crippen LogP contribution >= 0.6 is 0 Å². The Morgan fingerprint density at radius 3 is 2.56 bits per heavy atom. The molecule has 0 aliphatic rings. The molecule has 0 spiro atoms. The van der Waals surface area contributed by atoms with E-state index in [4.69, 9.17) is 10.5 Å². The molecule has 4 nitrogen and oxygen atoms in total. The van der Waals surface area contributed by atoms with Gasteiger partial charge in [-0.05, 0) is 30.2 Å². The van der Waals surface area contributed by atoms with Gasteiger partial charge in [0, 0.05) is 6.20 Å². The van der Waals surface area contributed by atoms with Gasteiger partial charge >= 0.3 is 6.01 Å². The van der Waals surface area contributed by atoms with Crippen LogP contribution in [0.5, 0.6) is 11.8 Å². The molecule has 2 aromatic rings. The van der Waals surface area contributed by atoms with Gasteiger partial charge in [-0.25, -0.2) is 4.98 Å². The predicted molar refractivity (Wildman–Crippen MR) is 62.3 cm³/mol. The van der Waals surface area contributed by atoms with Crippen molar-refractivity contribution in [2.75, 3.05) is 5.73 Å². The molecule has 0 aliphatic carbocycles. The average Bonchev–Trinajstić information content (AvgIpc) is 2.30. The van der Waals surface area contributed by atoms with Crippen molar-refractivity contribution in [3.63, 3.8) is 0 Å². The lowest BCUT2D eigenvalue weighted by molar-refractivity contribution is 0.442. The summed E-state index contributed by atoms with van der Waals surface area (Å²) >= 11 is 0. The quantitative estimate of drug-likeness (QED) is 0.854. The van der Waals surface area contributed by atoms with Gasteiger partial charge < -0.3 is 10.5 Å². The summed E-state index contributed by atoms with van der Waals surface area (Å²) < 4.78 is 5.46. The molecule has 0 bridgehead atoms.